The molecule has 3 heterocycles. The van der Waals surface area contributed by atoms with Crippen LogP contribution in [0.5, 0.6) is 0 Å². The molecule has 0 atom stereocenters. The predicted octanol–water partition coefficient (Wildman–Crippen LogP) is 4.47. The Morgan fingerprint density at radius 1 is 1.19 bits per heavy atom. The van der Waals surface area contributed by atoms with Gasteiger partial charge in [-0.3, -0.25) is 4.79 Å². The van der Waals surface area contributed by atoms with Crippen LogP contribution in [0.15, 0.2) is 22.6 Å². The fourth-order valence-corrected chi connectivity index (χ4v) is 5.07. The van der Waals surface area contributed by atoms with E-state index in [-0.39, 0.29) is 11.9 Å². The van der Waals surface area contributed by atoms with Crippen LogP contribution in [0.2, 0.25) is 0 Å². The van der Waals surface area contributed by atoms with Crippen molar-refractivity contribution < 1.29 is 18.7 Å². The van der Waals surface area contributed by atoms with Gasteiger partial charge in [-0.2, -0.15) is 0 Å². The first-order valence-electron chi connectivity index (χ1n) is 11.8. The van der Waals surface area contributed by atoms with E-state index in [1.807, 2.05) is 6.07 Å². The topological polar surface area (TPSA) is 71.8 Å². The summed E-state index contributed by atoms with van der Waals surface area (Å²) in [5, 5.41) is 2.95. The lowest BCUT2D eigenvalue weighted by Crippen LogP contribution is -2.21. The number of likely N-dealkylation sites (tertiary alicyclic amines) is 1. The highest BCUT2D eigenvalue weighted by molar-refractivity contribution is 6.35. The lowest BCUT2D eigenvalue weighted by molar-refractivity contribution is -0.110. The SMILES string of the molecule is CCOC(=O)c1c(C=C2C(=O)Nc3ccc(CCN4CCCC4)cc32)oc2c1CCCC2. The van der Waals surface area contributed by atoms with E-state index in [9.17, 15) is 9.59 Å². The fraction of sp³-hybridized carbons (Fsp3) is 0.462. The summed E-state index contributed by atoms with van der Waals surface area (Å²) in [5.41, 5.74) is 4.86. The summed E-state index contributed by atoms with van der Waals surface area (Å²) in [6, 6.07) is 6.17. The average molecular weight is 435 g/mol. The third kappa shape index (κ3) is 3.99. The molecule has 5 rings (SSSR count). The number of nitrogens with zero attached hydrogens (tertiary/aromatic N) is 1. The van der Waals surface area contributed by atoms with Crippen molar-refractivity contribution in [2.45, 2.75) is 51.9 Å². The Hall–Kier alpha value is -2.86. The number of furan rings is 1. The maximum Gasteiger partial charge on any atom is 0.342 e. The van der Waals surface area contributed by atoms with Gasteiger partial charge in [0.2, 0.25) is 0 Å². The zero-order chi connectivity index (χ0) is 22.1. The molecule has 0 unspecified atom stereocenters. The van der Waals surface area contributed by atoms with Crippen LogP contribution in [-0.4, -0.2) is 43.0 Å². The molecule has 0 saturated carbocycles. The van der Waals surface area contributed by atoms with Crippen LogP contribution in [0.3, 0.4) is 0 Å². The van der Waals surface area contributed by atoms with E-state index < -0.39 is 0 Å². The van der Waals surface area contributed by atoms with Gasteiger partial charge in [0.25, 0.3) is 5.91 Å². The first-order valence-corrected chi connectivity index (χ1v) is 11.8. The zero-order valence-electron chi connectivity index (χ0n) is 18.7. The van der Waals surface area contributed by atoms with Gasteiger partial charge in [-0.25, -0.2) is 4.79 Å². The Labute approximate surface area is 188 Å². The number of aryl methyl sites for hydroxylation is 1. The van der Waals surface area contributed by atoms with E-state index in [1.165, 1.54) is 31.5 Å². The van der Waals surface area contributed by atoms with E-state index in [2.05, 4.69) is 22.3 Å². The highest BCUT2D eigenvalue weighted by Gasteiger charge is 2.30. The van der Waals surface area contributed by atoms with Gasteiger partial charge in [-0.1, -0.05) is 6.07 Å². The summed E-state index contributed by atoms with van der Waals surface area (Å²) in [5.74, 6) is 0.755. The molecule has 0 bridgehead atoms. The Kier molecular flexibility index (Phi) is 5.87. The maximum absolute atomic E-state index is 12.8. The molecule has 1 aromatic heterocycles. The minimum Gasteiger partial charge on any atom is -0.462 e. The normalized spacial score (nSPS) is 19.2. The van der Waals surface area contributed by atoms with Crippen molar-refractivity contribution in [2.24, 2.45) is 0 Å². The van der Waals surface area contributed by atoms with E-state index in [1.54, 1.807) is 13.0 Å². The first kappa shape index (κ1) is 21.0. The minimum atomic E-state index is -0.371. The molecule has 0 radical (unpaired) electrons. The molecular formula is C26H30N2O4. The van der Waals surface area contributed by atoms with E-state index >= 15 is 0 Å². The van der Waals surface area contributed by atoms with Gasteiger partial charge in [0.1, 0.15) is 17.1 Å². The van der Waals surface area contributed by atoms with E-state index in [0.29, 0.717) is 23.5 Å². The van der Waals surface area contributed by atoms with Crippen molar-refractivity contribution in [2.75, 3.05) is 31.6 Å². The Morgan fingerprint density at radius 2 is 2.00 bits per heavy atom. The molecule has 1 aliphatic carbocycles. The van der Waals surface area contributed by atoms with Gasteiger partial charge in [0, 0.05) is 29.8 Å². The molecule has 1 fully saturated rings. The number of esters is 1. The van der Waals surface area contributed by atoms with Gasteiger partial charge in [-0.15, -0.1) is 0 Å². The van der Waals surface area contributed by atoms with Crippen LogP contribution in [0, 0.1) is 0 Å². The minimum absolute atomic E-state index is 0.166. The summed E-state index contributed by atoms with van der Waals surface area (Å²) < 4.78 is 11.4. The van der Waals surface area contributed by atoms with Crippen LogP contribution >= 0.6 is 0 Å². The van der Waals surface area contributed by atoms with Gasteiger partial charge < -0.3 is 19.4 Å². The summed E-state index contributed by atoms with van der Waals surface area (Å²) >= 11 is 0. The summed E-state index contributed by atoms with van der Waals surface area (Å²) in [7, 11) is 0. The fourth-order valence-electron chi connectivity index (χ4n) is 5.07. The molecule has 1 amide bonds. The number of rotatable bonds is 6. The van der Waals surface area contributed by atoms with E-state index in [0.717, 1.165) is 61.2 Å². The first-order chi connectivity index (χ1) is 15.6. The number of hydrogen-bond acceptors (Lipinski definition) is 5. The molecular weight excluding hydrogens is 404 g/mol. The van der Waals surface area contributed by atoms with Crippen molar-refractivity contribution in [3.8, 4) is 0 Å². The smallest absolute Gasteiger partial charge is 0.342 e. The average Bonchev–Trinajstić information content (AvgIpc) is 3.50. The molecule has 1 saturated heterocycles. The number of ether oxygens (including phenoxy) is 1. The van der Waals surface area contributed by atoms with Crippen molar-refractivity contribution in [3.05, 3.63) is 52.0 Å². The number of nitrogens with one attached hydrogen (secondary N) is 1. The van der Waals surface area contributed by atoms with E-state index in [4.69, 9.17) is 9.15 Å². The van der Waals surface area contributed by atoms with Crippen LogP contribution in [0.1, 0.15) is 71.2 Å². The van der Waals surface area contributed by atoms with Gasteiger partial charge >= 0.3 is 5.97 Å². The summed E-state index contributed by atoms with van der Waals surface area (Å²) in [6.45, 7) is 5.49. The van der Waals surface area contributed by atoms with Crippen molar-refractivity contribution in [1.82, 2.24) is 4.90 Å². The Balaban J connectivity index is 1.48. The monoisotopic (exact) mass is 434 g/mol. The standard InChI is InChI=1S/C26H30N2O4/c1-2-31-26(30)24-18-7-3-4-8-22(18)32-23(24)16-20-19-15-17(9-10-21(19)27-25(20)29)11-14-28-12-5-6-13-28/h9-10,15-16H,2-8,11-14H2,1H3,(H,27,29). The highest BCUT2D eigenvalue weighted by Crippen LogP contribution is 2.37. The summed E-state index contributed by atoms with van der Waals surface area (Å²) in [6.07, 6.45) is 8.94. The highest BCUT2D eigenvalue weighted by atomic mass is 16.5. The molecule has 6 nitrogen and oxygen atoms in total. The van der Waals surface area contributed by atoms with Crippen molar-refractivity contribution in [1.29, 1.82) is 0 Å². The second-order valence-electron chi connectivity index (χ2n) is 8.86. The molecule has 1 aromatic carbocycles. The maximum atomic E-state index is 12.8. The molecule has 168 valence electrons. The molecule has 1 N–H and O–H groups in total. The van der Waals surface area contributed by atoms with Crippen molar-refractivity contribution >= 4 is 29.2 Å². The number of benzene rings is 1. The largest absolute Gasteiger partial charge is 0.462 e. The number of carbonyl (C=O) groups is 2. The lowest BCUT2D eigenvalue weighted by Gasteiger charge is -2.14. The quantitative estimate of drug-likeness (QED) is 0.537. The van der Waals surface area contributed by atoms with Crippen LogP contribution in [0.25, 0.3) is 11.6 Å². The number of hydrogen-bond donors (Lipinski definition) is 1. The molecule has 6 heteroatoms. The van der Waals surface area contributed by atoms with Crippen molar-refractivity contribution in [3.63, 3.8) is 0 Å². The van der Waals surface area contributed by atoms with Crippen LogP contribution in [-0.2, 0) is 28.8 Å². The lowest BCUT2D eigenvalue weighted by atomic mass is 9.94. The van der Waals surface area contributed by atoms with Crippen LogP contribution in [0.4, 0.5) is 5.69 Å². The molecule has 3 aliphatic rings. The molecule has 2 aromatic rings. The Bertz CT molecular complexity index is 1080. The third-order valence-electron chi connectivity index (χ3n) is 6.74. The molecule has 2 aliphatic heterocycles. The number of carbonyl (C=O) groups excluding carboxylic acids is 2. The second kappa shape index (κ2) is 8.94. The van der Waals surface area contributed by atoms with Gasteiger partial charge in [0.05, 0.1) is 12.2 Å². The number of anilines is 1. The molecule has 32 heavy (non-hydrogen) atoms. The molecule has 0 spiro atoms. The Morgan fingerprint density at radius 3 is 2.81 bits per heavy atom. The van der Waals surface area contributed by atoms with Gasteiger partial charge in [-0.05, 0) is 82.3 Å². The third-order valence-corrected chi connectivity index (χ3v) is 6.74. The van der Waals surface area contributed by atoms with Crippen LogP contribution < -0.4 is 5.32 Å². The predicted molar refractivity (Wildman–Crippen MR) is 124 cm³/mol. The number of fused-ring (bicyclic) bond motifs is 2. The second-order valence-corrected chi connectivity index (χ2v) is 8.86. The zero-order valence-corrected chi connectivity index (χ0v) is 18.7. The summed E-state index contributed by atoms with van der Waals surface area (Å²) in [4.78, 5) is 28.1. The van der Waals surface area contributed by atoms with Gasteiger partial charge in [0.15, 0.2) is 0 Å². The number of amides is 1.